The first-order valence-corrected chi connectivity index (χ1v) is 8.27. The summed E-state index contributed by atoms with van der Waals surface area (Å²) in [6.45, 7) is 5.12. The van der Waals surface area contributed by atoms with Crippen LogP contribution >= 0.6 is 0 Å². The van der Waals surface area contributed by atoms with E-state index in [1.165, 1.54) is 49.9 Å². The van der Waals surface area contributed by atoms with Crippen LogP contribution in [0.15, 0.2) is 24.3 Å². The second kappa shape index (κ2) is 6.61. The highest BCUT2D eigenvalue weighted by atomic mass is 16.1. The van der Waals surface area contributed by atoms with Crippen LogP contribution in [-0.4, -0.2) is 29.9 Å². The molecule has 1 aliphatic carbocycles. The number of benzene rings is 1. The molecule has 1 amide bonds. The fourth-order valence-corrected chi connectivity index (χ4v) is 3.20. The van der Waals surface area contributed by atoms with Crippen molar-refractivity contribution in [3.63, 3.8) is 0 Å². The molecule has 0 spiro atoms. The van der Waals surface area contributed by atoms with Gasteiger partial charge in [0.1, 0.15) is 0 Å². The monoisotopic (exact) mass is 286 g/mol. The van der Waals surface area contributed by atoms with Gasteiger partial charge in [-0.25, -0.2) is 0 Å². The first-order chi connectivity index (χ1) is 10.2. The Morgan fingerprint density at radius 3 is 2.43 bits per heavy atom. The molecule has 0 aromatic heterocycles. The van der Waals surface area contributed by atoms with E-state index < -0.39 is 0 Å². The Hall–Kier alpha value is -1.35. The molecule has 1 aromatic carbocycles. The van der Waals surface area contributed by atoms with Gasteiger partial charge in [-0.15, -0.1) is 0 Å². The van der Waals surface area contributed by atoms with Gasteiger partial charge in [0, 0.05) is 19.0 Å². The average molecular weight is 286 g/mol. The summed E-state index contributed by atoms with van der Waals surface area (Å²) < 4.78 is 0. The SMILES string of the molecule is Cc1ccc(CNC(=O)CC2CCN(C3CC3)CC2)cc1. The molecule has 0 atom stereocenters. The Labute approximate surface area is 127 Å². The van der Waals surface area contributed by atoms with Crippen LogP contribution in [0.3, 0.4) is 0 Å². The number of rotatable bonds is 5. The first-order valence-electron chi connectivity index (χ1n) is 8.27. The van der Waals surface area contributed by atoms with Crippen LogP contribution in [0.25, 0.3) is 0 Å². The van der Waals surface area contributed by atoms with E-state index in [-0.39, 0.29) is 5.91 Å². The van der Waals surface area contributed by atoms with Crippen molar-refractivity contribution in [2.24, 2.45) is 5.92 Å². The molecule has 2 aliphatic rings. The van der Waals surface area contributed by atoms with Gasteiger partial charge >= 0.3 is 0 Å². The van der Waals surface area contributed by atoms with Crippen molar-refractivity contribution < 1.29 is 4.79 Å². The van der Waals surface area contributed by atoms with Gasteiger partial charge in [-0.05, 0) is 57.2 Å². The number of carbonyl (C=O) groups is 1. The number of hydrogen-bond donors (Lipinski definition) is 1. The van der Waals surface area contributed by atoms with E-state index in [0.29, 0.717) is 18.9 Å². The maximum absolute atomic E-state index is 12.1. The van der Waals surface area contributed by atoms with Crippen LogP contribution in [-0.2, 0) is 11.3 Å². The molecule has 3 rings (SSSR count). The van der Waals surface area contributed by atoms with Gasteiger partial charge in [-0.1, -0.05) is 29.8 Å². The summed E-state index contributed by atoms with van der Waals surface area (Å²) in [5.74, 6) is 0.790. The van der Waals surface area contributed by atoms with Crippen molar-refractivity contribution in [1.82, 2.24) is 10.2 Å². The number of likely N-dealkylation sites (tertiary alicyclic amines) is 1. The van der Waals surface area contributed by atoms with Gasteiger partial charge in [0.2, 0.25) is 5.91 Å². The third kappa shape index (κ3) is 4.31. The van der Waals surface area contributed by atoms with E-state index in [2.05, 4.69) is 41.4 Å². The number of aryl methyl sites for hydroxylation is 1. The standard InChI is InChI=1S/C18H26N2O/c1-14-2-4-16(5-3-14)13-19-18(21)12-15-8-10-20(11-9-15)17-6-7-17/h2-5,15,17H,6-13H2,1H3,(H,19,21). The summed E-state index contributed by atoms with van der Waals surface area (Å²) in [6, 6.07) is 9.23. The van der Waals surface area contributed by atoms with Crippen molar-refractivity contribution >= 4 is 5.91 Å². The van der Waals surface area contributed by atoms with Crippen LogP contribution < -0.4 is 5.32 Å². The van der Waals surface area contributed by atoms with E-state index in [4.69, 9.17) is 0 Å². The third-order valence-corrected chi connectivity index (χ3v) is 4.80. The highest BCUT2D eigenvalue weighted by Gasteiger charge is 2.32. The molecule has 1 N–H and O–H groups in total. The molecule has 1 saturated carbocycles. The molecule has 1 saturated heterocycles. The minimum Gasteiger partial charge on any atom is -0.352 e. The number of nitrogens with one attached hydrogen (secondary N) is 1. The van der Waals surface area contributed by atoms with Gasteiger partial charge in [0.15, 0.2) is 0 Å². The van der Waals surface area contributed by atoms with E-state index in [0.717, 1.165) is 6.04 Å². The van der Waals surface area contributed by atoms with Crippen LogP contribution in [0.1, 0.15) is 43.2 Å². The fourth-order valence-electron chi connectivity index (χ4n) is 3.20. The lowest BCUT2D eigenvalue weighted by molar-refractivity contribution is -0.122. The minimum absolute atomic E-state index is 0.209. The highest BCUT2D eigenvalue weighted by molar-refractivity contribution is 5.76. The quantitative estimate of drug-likeness (QED) is 0.902. The lowest BCUT2D eigenvalue weighted by Gasteiger charge is -2.31. The molecular weight excluding hydrogens is 260 g/mol. The Balaban J connectivity index is 1.37. The molecule has 3 nitrogen and oxygen atoms in total. The number of nitrogens with zero attached hydrogens (tertiary/aromatic N) is 1. The minimum atomic E-state index is 0.209. The molecular formula is C18H26N2O. The summed E-state index contributed by atoms with van der Waals surface area (Å²) in [6.07, 6.45) is 5.86. The molecule has 1 heterocycles. The maximum atomic E-state index is 12.1. The third-order valence-electron chi connectivity index (χ3n) is 4.80. The van der Waals surface area contributed by atoms with Gasteiger partial charge in [0.05, 0.1) is 0 Å². The predicted octanol–water partition coefficient (Wildman–Crippen LogP) is 2.88. The Kier molecular flexibility index (Phi) is 4.59. The van der Waals surface area contributed by atoms with E-state index >= 15 is 0 Å². The molecule has 3 heteroatoms. The molecule has 0 bridgehead atoms. The summed E-state index contributed by atoms with van der Waals surface area (Å²) in [5, 5.41) is 3.06. The molecule has 1 aromatic rings. The zero-order chi connectivity index (χ0) is 14.7. The zero-order valence-corrected chi connectivity index (χ0v) is 13.0. The van der Waals surface area contributed by atoms with Gasteiger partial charge in [0.25, 0.3) is 0 Å². The molecule has 0 unspecified atom stereocenters. The van der Waals surface area contributed by atoms with Crippen LogP contribution in [0.2, 0.25) is 0 Å². The second-order valence-electron chi connectivity index (χ2n) is 6.68. The Morgan fingerprint density at radius 2 is 1.81 bits per heavy atom. The Morgan fingerprint density at radius 1 is 1.14 bits per heavy atom. The lowest BCUT2D eigenvalue weighted by atomic mass is 9.93. The smallest absolute Gasteiger partial charge is 0.220 e. The van der Waals surface area contributed by atoms with Crippen molar-refractivity contribution in [3.05, 3.63) is 35.4 Å². The van der Waals surface area contributed by atoms with Crippen LogP contribution in [0, 0.1) is 12.8 Å². The molecule has 1 aliphatic heterocycles. The number of hydrogen-bond acceptors (Lipinski definition) is 2. The highest BCUT2D eigenvalue weighted by Crippen LogP contribution is 2.31. The summed E-state index contributed by atoms with van der Waals surface area (Å²) in [5.41, 5.74) is 2.44. The second-order valence-corrected chi connectivity index (χ2v) is 6.68. The average Bonchev–Trinajstić information content (AvgIpc) is 3.32. The van der Waals surface area contributed by atoms with Gasteiger partial charge in [-0.2, -0.15) is 0 Å². The van der Waals surface area contributed by atoms with Crippen molar-refractivity contribution in [2.75, 3.05) is 13.1 Å². The molecule has 0 radical (unpaired) electrons. The number of piperidine rings is 1. The Bertz CT molecular complexity index is 470. The fraction of sp³-hybridized carbons (Fsp3) is 0.611. The first kappa shape index (κ1) is 14.6. The molecule has 114 valence electrons. The number of carbonyl (C=O) groups excluding carboxylic acids is 1. The van der Waals surface area contributed by atoms with Crippen molar-refractivity contribution in [3.8, 4) is 0 Å². The largest absolute Gasteiger partial charge is 0.352 e. The predicted molar refractivity (Wildman–Crippen MR) is 85.0 cm³/mol. The van der Waals surface area contributed by atoms with Gasteiger partial charge in [-0.3, -0.25) is 4.79 Å². The molecule has 2 fully saturated rings. The van der Waals surface area contributed by atoms with Crippen LogP contribution in [0.4, 0.5) is 0 Å². The van der Waals surface area contributed by atoms with Gasteiger partial charge < -0.3 is 10.2 Å². The molecule has 21 heavy (non-hydrogen) atoms. The summed E-state index contributed by atoms with van der Waals surface area (Å²) >= 11 is 0. The lowest BCUT2D eigenvalue weighted by Crippen LogP contribution is -2.37. The normalized spacial score (nSPS) is 20.4. The zero-order valence-electron chi connectivity index (χ0n) is 13.0. The van der Waals surface area contributed by atoms with Crippen molar-refractivity contribution in [2.45, 2.75) is 51.6 Å². The van der Waals surface area contributed by atoms with E-state index in [1.807, 2.05) is 0 Å². The maximum Gasteiger partial charge on any atom is 0.220 e. The van der Waals surface area contributed by atoms with Crippen molar-refractivity contribution in [1.29, 1.82) is 0 Å². The summed E-state index contributed by atoms with van der Waals surface area (Å²) in [4.78, 5) is 14.7. The van der Waals surface area contributed by atoms with E-state index in [9.17, 15) is 4.79 Å². The van der Waals surface area contributed by atoms with E-state index in [1.54, 1.807) is 0 Å². The topological polar surface area (TPSA) is 32.3 Å². The van der Waals surface area contributed by atoms with Crippen LogP contribution in [0.5, 0.6) is 0 Å². The number of amides is 1. The summed E-state index contributed by atoms with van der Waals surface area (Å²) in [7, 11) is 0.